The molecule has 2 nitrogen and oxygen atoms in total. The highest BCUT2D eigenvalue weighted by Gasteiger charge is 2.07. The van der Waals surface area contributed by atoms with Crippen molar-refractivity contribution < 1.29 is 0 Å². The fourth-order valence-corrected chi connectivity index (χ4v) is 2.08. The Morgan fingerprint density at radius 2 is 1.75 bits per heavy atom. The Morgan fingerprint density at radius 1 is 1.06 bits per heavy atom. The van der Waals surface area contributed by atoms with Crippen LogP contribution in [0.3, 0.4) is 0 Å². The molecule has 0 bridgehead atoms. The number of halogens is 2. The summed E-state index contributed by atoms with van der Waals surface area (Å²) in [6.45, 7) is 1.90. The third kappa shape index (κ3) is 2.13. The largest absolute Gasteiger partial charge is 0.384 e. The topological polar surface area (TPSA) is 38.9 Å². The fraction of sp³-hybridized carbons (Fsp3) is 0.0833. The molecular weight excluding hydrogens is 243 g/mol. The van der Waals surface area contributed by atoms with Gasteiger partial charge >= 0.3 is 0 Å². The number of hydrogen-bond donors (Lipinski definition) is 1. The Morgan fingerprint density at radius 3 is 2.38 bits per heavy atom. The summed E-state index contributed by atoms with van der Waals surface area (Å²) in [4.78, 5) is 4.20. The van der Waals surface area contributed by atoms with E-state index in [2.05, 4.69) is 4.98 Å². The molecule has 0 saturated carbocycles. The second-order valence-corrected chi connectivity index (χ2v) is 4.34. The number of nitrogens with zero attached hydrogens (tertiary/aromatic N) is 1. The fourth-order valence-electron chi connectivity index (χ4n) is 1.57. The molecule has 0 aliphatic rings. The molecule has 2 aromatic rings. The van der Waals surface area contributed by atoms with Gasteiger partial charge < -0.3 is 5.73 Å². The van der Waals surface area contributed by atoms with Gasteiger partial charge in [-0.25, -0.2) is 4.98 Å². The Bertz CT molecular complexity index is 489. The third-order valence-corrected chi connectivity index (χ3v) is 2.88. The van der Waals surface area contributed by atoms with Crippen LogP contribution in [-0.4, -0.2) is 4.98 Å². The maximum atomic E-state index is 6.13. The van der Waals surface area contributed by atoms with Crippen molar-refractivity contribution in [3.05, 3.63) is 46.1 Å². The first-order valence-corrected chi connectivity index (χ1v) is 5.52. The molecule has 82 valence electrons. The molecule has 2 N–H and O–H groups in total. The maximum absolute atomic E-state index is 6.13. The van der Waals surface area contributed by atoms with E-state index in [0.717, 1.165) is 16.8 Å². The van der Waals surface area contributed by atoms with Gasteiger partial charge in [-0.1, -0.05) is 29.3 Å². The average Bonchev–Trinajstić information content (AvgIpc) is 2.19. The van der Waals surface area contributed by atoms with E-state index in [1.807, 2.05) is 19.1 Å². The molecule has 16 heavy (non-hydrogen) atoms. The molecule has 4 heteroatoms. The lowest BCUT2D eigenvalue weighted by molar-refractivity contribution is 1.21. The Hall–Kier alpha value is -1.25. The number of aryl methyl sites for hydroxylation is 1. The normalized spacial score (nSPS) is 10.4. The second kappa shape index (κ2) is 4.32. The zero-order valence-corrected chi connectivity index (χ0v) is 10.2. The molecule has 1 aromatic carbocycles. The van der Waals surface area contributed by atoms with Gasteiger partial charge in [0.2, 0.25) is 0 Å². The monoisotopic (exact) mass is 252 g/mol. The predicted octanol–water partition coefficient (Wildman–Crippen LogP) is 3.95. The van der Waals surface area contributed by atoms with Crippen LogP contribution in [0.4, 0.5) is 5.82 Å². The van der Waals surface area contributed by atoms with Crippen molar-refractivity contribution in [1.82, 2.24) is 4.98 Å². The van der Waals surface area contributed by atoms with Crippen LogP contribution in [0.2, 0.25) is 10.0 Å². The minimum absolute atomic E-state index is 0.506. The summed E-state index contributed by atoms with van der Waals surface area (Å²) < 4.78 is 0. The summed E-state index contributed by atoms with van der Waals surface area (Å²) in [5.74, 6) is 0.506. The number of pyridine rings is 1. The quantitative estimate of drug-likeness (QED) is 0.835. The van der Waals surface area contributed by atoms with Gasteiger partial charge in [-0.15, -0.1) is 0 Å². The first kappa shape index (κ1) is 11.2. The van der Waals surface area contributed by atoms with Crippen molar-refractivity contribution in [3.63, 3.8) is 0 Å². The molecule has 0 saturated heterocycles. The third-order valence-electron chi connectivity index (χ3n) is 2.33. The van der Waals surface area contributed by atoms with E-state index < -0.39 is 0 Å². The number of nitrogen functional groups attached to an aromatic ring is 1. The second-order valence-electron chi connectivity index (χ2n) is 3.49. The van der Waals surface area contributed by atoms with Crippen LogP contribution in [0.15, 0.2) is 30.3 Å². The van der Waals surface area contributed by atoms with E-state index in [1.54, 1.807) is 18.2 Å². The lowest BCUT2D eigenvalue weighted by atomic mass is 10.0. The van der Waals surface area contributed by atoms with E-state index in [9.17, 15) is 0 Å². The molecule has 0 aliphatic carbocycles. The molecule has 0 fully saturated rings. The van der Waals surface area contributed by atoms with Crippen molar-refractivity contribution in [2.24, 2.45) is 0 Å². The molecule has 0 spiro atoms. The van der Waals surface area contributed by atoms with Gasteiger partial charge in [-0.3, -0.25) is 0 Å². The van der Waals surface area contributed by atoms with Gasteiger partial charge in [0, 0.05) is 26.9 Å². The van der Waals surface area contributed by atoms with Crippen LogP contribution >= 0.6 is 23.2 Å². The van der Waals surface area contributed by atoms with Crippen LogP contribution in [0.25, 0.3) is 11.1 Å². The van der Waals surface area contributed by atoms with Crippen molar-refractivity contribution in [2.45, 2.75) is 6.92 Å². The molecule has 2 rings (SSSR count). The highest BCUT2D eigenvalue weighted by Crippen LogP contribution is 2.31. The molecule has 0 amide bonds. The van der Waals surface area contributed by atoms with E-state index in [0.29, 0.717) is 15.9 Å². The minimum atomic E-state index is 0.506. The number of rotatable bonds is 1. The summed E-state index contributed by atoms with van der Waals surface area (Å²) in [5, 5.41) is 1.23. The molecule has 0 radical (unpaired) electrons. The summed E-state index contributed by atoms with van der Waals surface area (Å²) in [5.41, 5.74) is 8.34. The highest BCUT2D eigenvalue weighted by atomic mass is 35.5. The van der Waals surface area contributed by atoms with Crippen molar-refractivity contribution >= 4 is 29.0 Å². The smallest absolute Gasteiger partial charge is 0.123 e. The average molecular weight is 253 g/mol. The summed E-state index contributed by atoms with van der Waals surface area (Å²) in [7, 11) is 0. The van der Waals surface area contributed by atoms with Gasteiger partial charge in [0.1, 0.15) is 5.82 Å². The van der Waals surface area contributed by atoms with E-state index in [4.69, 9.17) is 28.9 Å². The summed E-state index contributed by atoms with van der Waals surface area (Å²) in [6, 6.07) is 9.07. The van der Waals surface area contributed by atoms with Crippen molar-refractivity contribution in [1.29, 1.82) is 0 Å². The van der Waals surface area contributed by atoms with Crippen LogP contribution in [-0.2, 0) is 0 Å². The maximum Gasteiger partial charge on any atom is 0.123 e. The number of aromatic nitrogens is 1. The lowest BCUT2D eigenvalue weighted by Crippen LogP contribution is -1.94. The van der Waals surface area contributed by atoms with Crippen LogP contribution in [0.5, 0.6) is 0 Å². The van der Waals surface area contributed by atoms with Crippen LogP contribution < -0.4 is 5.73 Å². The lowest BCUT2D eigenvalue weighted by Gasteiger charge is -2.08. The van der Waals surface area contributed by atoms with E-state index in [-0.39, 0.29) is 0 Å². The SMILES string of the molecule is Cc1nc(N)ccc1-c1ccc(Cl)cc1Cl. The molecular formula is C12H10Cl2N2. The number of hydrogen-bond acceptors (Lipinski definition) is 2. The van der Waals surface area contributed by atoms with Gasteiger partial charge in [-0.05, 0) is 31.2 Å². The van der Waals surface area contributed by atoms with Crippen LogP contribution in [0.1, 0.15) is 5.69 Å². The molecule has 1 heterocycles. The Kier molecular flexibility index (Phi) is 3.03. The van der Waals surface area contributed by atoms with Crippen molar-refractivity contribution in [3.8, 4) is 11.1 Å². The van der Waals surface area contributed by atoms with E-state index in [1.165, 1.54) is 0 Å². The van der Waals surface area contributed by atoms with Crippen molar-refractivity contribution in [2.75, 3.05) is 5.73 Å². The zero-order valence-electron chi connectivity index (χ0n) is 8.67. The standard InChI is InChI=1S/C12H10Cl2N2/c1-7-9(4-5-12(15)16-7)10-3-2-8(13)6-11(10)14/h2-6H,1H3,(H2,15,16). The number of anilines is 1. The predicted molar refractivity (Wildman–Crippen MR) is 68.8 cm³/mol. The Labute approximate surface area is 104 Å². The van der Waals surface area contributed by atoms with Gasteiger partial charge in [0.15, 0.2) is 0 Å². The minimum Gasteiger partial charge on any atom is -0.384 e. The highest BCUT2D eigenvalue weighted by molar-refractivity contribution is 6.36. The molecule has 0 aliphatic heterocycles. The van der Waals surface area contributed by atoms with Gasteiger partial charge in [0.05, 0.1) is 0 Å². The first-order chi connectivity index (χ1) is 7.58. The van der Waals surface area contributed by atoms with E-state index >= 15 is 0 Å². The molecule has 0 unspecified atom stereocenters. The van der Waals surface area contributed by atoms with Gasteiger partial charge in [0.25, 0.3) is 0 Å². The summed E-state index contributed by atoms with van der Waals surface area (Å²) >= 11 is 12.0. The number of nitrogens with two attached hydrogens (primary N) is 1. The zero-order chi connectivity index (χ0) is 11.7. The Balaban J connectivity index is 2.59. The molecule has 1 aromatic heterocycles. The van der Waals surface area contributed by atoms with Crippen LogP contribution in [0, 0.1) is 6.92 Å². The number of benzene rings is 1. The summed E-state index contributed by atoms with van der Waals surface area (Å²) in [6.07, 6.45) is 0. The first-order valence-electron chi connectivity index (χ1n) is 4.76. The molecule has 0 atom stereocenters. The van der Waals surface area contributed by atoms with Gasteiger partial charge in [-0.2, -0.15) is 0 Å².